The number of nitriles is 1. The highest BCUT2D eigenvalue weighted by atomic mass is 35.5. The molecule has 19 heavy (non-hydrogen) atoms. The van der Waals surface area contributed by atoms with Crippen molar-refractivity contribution in [2.75, 3.05) is 13.1 Å². The van der Waals surface area contributed by atoms with Gasteiger partial charge in [-0.25, -0.2) is 0 Å². The minimum atomic E-state index is 0. The maximum absolute atomic E-state index is 12.3. The van der Waals surface area contributed by atoms with Gasteiger partial charge in [-0.2, -0.15) is 5.26 Å². The topological polar surface area (TPSA) is 56.1 Å². The molecule has 2 atom stereocenters. The summed E-state index contributed by atoms with van der Waals surface area (Å²) in [7, 11) is 0. The van der Waals surface area contributed by atoms with Gasteiger partial charge in [-0.15, -0.1) is 12.4 Å². The summed E-state index contributed by atoms with van der Waals surface area (Å²) < 4.78 is 0. The van der Waals surface area contributed by atoms with Crippen molar-refractivity contribution >= 4 is 18.3 Å². The molecule has 2 unspecified atom stereocenters. The van der Waals surface area contributed by atoms with E-state index in [1.807, 2.05) is 4.90 Å². The first kappa shape index (κ1) is 15.5. The number of nitrogens with one attached hydrogen (secondary N) is 1. The van der Waals surface area contributed by atoms with Crippen molar-refractivity contribution in [3.05, 3.63) is 35.4 Å². The van der Waals surface area contributed by atoms with Crippen molar-refractivity contribution in [2.45, 2.75) is 25.9 Å². The number of piperazine rings is 1. The van der Waals surface area contributed by atoms with Gasteiger partial charge < -0.3 is 10.2 Å². The van der Waals surface area contributed by atoms with Crippen molar-refractivity contribution in [1.29, 1.82) is 5.26 Å². The maximum atomic E-state index is 12.3. The van der Waals surface area contributed by atoms with Gasteiger partial charge in [0.05, 0.1) is 11.6 Å². The number of hydrogen-bond donors (Lipinski definition) is 1. The second-order valence-corrected chi connectivity index (χ2v) is 4.87. The molecule has 0 aliphatic carbocycles. The minimum Gasteiger partial charge on any atom is -0.336 e. The summed E-state index contributed by atoms with van der Waals surface area (Å²) in [6.45, 7) is 5.61. The van der Waals surface area contributed by atoms with Gasteiger partial charge in [0.25, 0.3) is 5.91 Å². The molecule has 0 spiro atoms. The molecule has 1 heterocycles. The highest BCUT2D eigenvalue weighted by Crippen LogP contribution is 2.11. The van der Waals surface area contributed by atoms with Crippen LogP contribution in [0.2, 0.25) is 0 Å². The van der Waals surface area contributed by atoms with E-state index in [-0.39, 0.29) is 18.3 Å². The molecule has 102 valence electrons. The number of benzene rings is 1. The summed E-state index contributed by atoms with van der Waals surface area (Å²) in [5.74, 6) is 0.0414. The number of halogens is 1. The molecule has 1 saturated heterocycles. The van der Waals surface area contributed by atoms with Gasteiger partial charge in [-0.05, 0) is 38.1 Å². The van der Waals surface area contributed by atoms with E-state index in [1.54, 1.807) is 24.3 Å². The lowest BCUT2D eigenvalue weighted by Gasteiger charge is -2.36. The Bertz CT molecular complexity index is 470. The summed E-state index contributed by atoms with van der Waals surface area (Å²) in [5.41, 5.74) is 1.23. The number of carbonyl (C=O) groups excluding carboxylic acids is 1. The van der Waals surface area contributed by atoms with Crippen molar-refractivity contribution in [1.82, 2.24) is 10.2 Å². The van der Waals surface area contributed by atoms with E-state index in [4.69, 9.17) is 5.26 Å². The highest BCUT2D eigenvalue weighted by Gasteiger charge is 2.25. The number of rotatable bonds is 1. The predicted molar refractivity (Wildman–Crippen MR) is 76.4 cm³/mol. The quantitative estimate of drug-likeness (QED) is 0.853. The molecule has 1 aliphatic rings. The third-order valence-corrected chi connectivity index (χ3v) is 3.11. The van der Waals surface area contributed by atoms with Crippen LogP contribution in [0.5, 0.6) is 0 Å². The van der Waals surface area contributed by atoms with Crippen LogP contribution in [0.15, 0.2) is 24.3 Å². The Hall–Kier alpha value is -1.57. The fourth-order valence-electron chi connectivity index (χ4n) is 2.36. The average molecular weight is 280 g/mol. The highest BCUT2D eigenvalue weighted by molar-refractivity contribution is 5.94. The monoisotopic (exact) mass is 279 g/mol. The van der Waals surface area contributed by atoms with Crippen molar-refractivity contribution in [2.24, 2.45) is 0 Å². The van der Waals surface area contributed by atoms with Gasteiger partial charge >= 0.3 is 0 Å². The Morgan fingerprint density at radius 1 is 1.26 bits per heavy atom. The fourth-order valence-corrected chi connectivity index (χ4v) is 2.36. The van der Waals surface area contributed by atoms with Gasteiger partial charge in [-0.1, -0.05) is 0 Å². The molecule has 1 aliphatic heterocycles. The third-order valence-electron chi connectivity index (χ3n) is 3.11. The summed E-state index contributed by atoms with van der Waals surface area (Å²) in [6, 6.07) is 9.49. The smallest absolute Gasteiger partial charge is 0.253 e. The Kier molecular flexibility index (Phi) is 5.34. The molecular formula is C14H18ClN3O. The summed E-state index contributed by atoms with van der Waals surface area (Å²) in [5, 5.41) is 12.1. The SMILES string of the molecule is CC1CN(C(=O)c2ccc(C#N)cc2)CC(C)N1.Cl. The standard InChI is InChI=1S/C14H17N3O.ClH/c1-10-8-17(9-11(2)16-10)14(18)13-5-3-12(7-15)4-6-13;/h3-6,10-11,16H,8-9H2,1-2H3;1H. The van der Waals surface area contributed by atoms with Crippen LogP contribution in [0.3, 0.4) is 0 Å². The van der Waals surface area contributed by atoms with Crippen LogP contribution < -0.4 is 5.32 Å². The normalized spacial score (nSPS) is 22.3. The van der Waals surface area contributed by atoms with Gasteiger partial charge in [0, 0.05) is 30.7 Å². The van der Waals surface area contributed by atoms with E-state index in [2.05, 4.69) is 25.2 Å². The molecule has 1 N–H and O–H groups in total. The van der Waals surface area contributed by atoms with Crippen molar-refractivity contribution in [3.63, 3.8) is 0 Å². The summed E-state index contributed by atoms with van der Waals surface area (Å²) in [6.07, 6.45) is 0. The van der Waals surface area contributed by atoms with Crippen LogP contribution in [0.1, 0.15) is 29.8 Å². The summed E-state index contributed by atoms with van der Waals surface area (Å²) >= 11 is 0. The molecule has 0 saturated carbocycles. The Balaban J connectivity index is 0.00000180. The molecule has 1 aromatic carbocycles. The third kappa shape index (κ3) is 3.69. The van der Waals surface area contributed by atoms with Crippen LogP contribution in [0, 0.1) is 11.3 Å². The molecule has 2 rings (SSSR count). The van der Waals surface area contributed by atoms with Crippen LogP contribution in [-0.2, 0) is 0 Å². The van der Waals surface area contributed by atoms with Gasteiger partial charge in [-0.3, -0.25) is 4.79 Å². The van der Waals surface area contributed by atoms with Gasteiger partial charge in [0.2, 0.25) is 0 Å². The lowest BCUT2D eigenvalue weighted by atomic mass is 10.1. The Morgan fingerprint density at radius 2 is 1.79 bits per heavy atom. The molecule has 0 radical (unpaired) electrons. The molecule has 4 nitrogen and oxygen atoms in total. The van der Waals surface area contributed by atoms with E-state index in [1.165, 1.54) is 0 Å². The zero-order chi connectivity index (χ0) is 13.1. The largest absolute Gasteiger partial charge is 0.336 e. The van der Waals surface area contributed by atoms with E-state index < -0.39 is 0 Å². The minimum absolute atomic E-state index is 0. The Morgan fingerprint density at radius 3 is 2.26 bits per heavy atom. The zero-order valence-electron chi connectivity index (χ0n) is 11.1. The first-order chi connectivity index (χ1) is 8.60. The molecule has 0 aromatic heterocycles. The molecule has 1 amide bonds. The van der Waals surface area contributed by atoms with Gasteiger partial charge in [0.1, 0.15) is 0 Å². The first-order valence-electron chi connectivity index (χ1n) is 6.15. The van der Waals surface area contributed by atoms with Crippen molar-refractivity contribution < 1.29 is 4.79 Å². The fraction of sp³-hybridized carbons (Fsp3) is 0.429. The van der Waals surface area contributed by atoms with Crippen LogP contribution in [-0.4, -0.2) is 36.0 Å². The average Bonchev–Trinajstić information content (AvgIpc) is 2.37. The molecule has 5 heteroatoms. The molecule has 1 fully saturated rings. The molecule has 0 bridgehead atoms. The van der Waals surface area contributed by atoms with E-state index in [0.29, 0.717) is 23.2 Å². The number of nitrogens with zero attached hydrogens (tertiary/aromatic N) is 2. The lowest BCUT2D eigenvalue weighted by molar-refractivity contribution is 0.0674. The maximum Gasteiger partial charge on any atom is 0.253 e. The van der Waals surface area contributed by atoms with Gasteiger partial charge in [0.15, 0.2) is 0 Å². The second-order valence-electron chi connectivity index (χ2n) is 4.87. The van der Waals surface area contributed by atoms with Crippen LogP contribution in [0.4, 0.5) is 0 Å². The number of amides is 1. The number of hydrogen-bond acceptors (Lipinski definition) is 3. The number of carbonyl (C=O) groups is 1. The molecule has 1 aromatic rings. The van der Waals surface area contributed by atoms with E-state index >= 15 is 0 Å². The van der Waals surface area contributed by atoms with E-state index in [0.717, 1.165) is 13.1 Å². The van der Waals surface area contributed by atoms with E-state index in [9.17, 15) is 4.79 Å². The van der Waals surface area contributed by atoms with Crippen molar-refractivity contribution in [3.8, 4) is 6.07 Å². The lowest BCUT2D eigenvalue weighted by Crippen LogP contribution is -2.55. The van der Waals surface area contributed by atoms with Crippen LogP contribution >= 0.6 is 12.4 Å². The second kappa shape index (κ2) is 6.55. The van der Waals surface area contributed by atoms with Crippen LogP contribution in [0.25, 0.3) is 0 Å². The Labute approximate surface area is 119 Å². The predicted octanol–water partition coefficient (Wildman–Crippen LogP) is 1.80. The summed E-state index contributed by atoms with van der Waals surface area (Å²) in [4.78, 5) is 14.2. The zero-order valence-corrected chi connectivity index (χ0v) is 11.9. The molecular weight excluding hydrogens is 262 g/mol. The first-order valence-corrected chi connectivity index (χ1v) is 6.15.